The van der Waals surface area contributed by atoms with Gasteiger partial charge in [0.2, 0.25) is 0 Å². The van der Waals surface area contributed by atoms with Crippen molar-refractivity contribution in [2.24, 2.45) is 0 Å². The third kappa shape index (κ3) is 3.59. The molecule has 0 aliphatic carbocycles. The van der Waals surface area contributed by atoms with E-state index in [2.05, 4.69) is 67.5 Å². The lowest BCUT2D eigenvalue weighted by Gasteiger charge is -2.22. The fourth-order valence-corrected chi connectivity index (χ4v) is 4.19. The SMILES string of the molecule is Cc1cc(C)c(OP(C)Oc2c(C)cc(C)c(C)c2C)c(C)c1C. The highest BCUT2D eigenvalue weighted by atomic mass is 31.2. The molecule has 0 atom stereocenters. The average Bonchev–Trinajstić information content (AvgIpc) is 2.51. The Bertz CT molecular complexity index is 713. The number of hydrogen-bond acceptors (Lipinski definition) is 2. The van der Waals surface area contributed by atoms with Crippen molar-refractivity contribution in [2.45, 2.75) is 55.4 Å². The molecule has 0 saturated carbocycles. The lowest BCUT2D eigenvalue weighted by atomic mass is 10.00. The van der Waals surface area contributed by atoms with Crippen molar-refractivity contribution in [1.29, 1.82) is 0 Å². The summed E-state index contributed by atoms with van der Waals surface area (Å²) >= 11 is 0. The second-order valence-electron chi connectivity index (χ2n) is 6.80. The smallest absolute Gasteiger partial charge is 0.287 e. The Balaban J connectivity index is 2.29. The Labute approximate surface area is 148 Å². The summed E-state index contributed by atoms with van der Waals surface area (Å²) < 4.78 is 12.5. The topological polar surface area (TPSA) is 18.5 Å². The summed E-state index contributed by atoms with van der Waals surface area (Å²) in [6.07, 6.45) is 0. The van der Waals surface area contributed by atoms with E-state index >= 15 is 0 Å². The largest absolute Gasteiger partial charge is 0.438 e. The van der Waals surface area contributed by atoms with Crippen molar-refractivity contribution in [3.63, 3.8) is 0 Å². The Morgan fingerprint density at radius 1 is 0.542 bits per heavy atom. The molecule has 0 spiro atoms. The zero-order chi connectivity index (χ0) is 18.2. The number of rotatable bonds is 4. The third-order valence-electron chi connectivity index (χ3n) is 5.01. The van der Waals surface area contributed by atoms with Gasteiger partial charge in [0.15, 0.2) is 0 Å². The van der Waals surface area contributed by atoms with Crippen LogP contribution in [0.25, 0.3) is 0 Å². The molecular weight excluding hydrogens is 315 g/mol. The van der Waals surface area contributed by atoms with Gasteiger partial charge in [-0.15, -0.1) is 0 Å². The predicted molar refractivity (Wildman–Crippen MR) is 105 cm³/mol. The van der Waals surface area contributed by atoms with Crippen LogP contribution in [0.4, 0.5) is 0 Å². The minimum absolute atomic E-state index is 0.964. The van der Waals surface area contributed by atoms with Gasteiger partial charge in [-0.25, -0.2) is 0 Å². The summed E-state index contributed by atoms with van der Waals surface area (Å²) in [5.41, 5.74) is 9.94. The zero-order valence-electron chi connectivity index (χ0n) is 16.4. The van der Waals surface area contributed by atoms with E-state index in [0.29, 0.717) is 0 Å². The molecular formula is C21H29O2P. The van der Waals surface area contributed by atoms with Crippen LogP contribution in [-0.4, -0.2) is 6.66 Å². The van der Waals surface area contributed by atoms with E-state index in [0.717, 1.165) is 11.5 Å². The molecule has 0 fully saturated rings. The average molecular weight is 344 g/mol. The van der Waals surface area contributed by atoms with Crippen molar-refractivity contribution >= 4 is 8.38 Å². The minimum Gasteiger partial charge on any atom is -0.438 e. The van der Waals surface area contributed by atoms with Crippen LogP contribution in [0.1, 0.15) is 44.5 Å². The molecule has 2 aromatic carbocycles. The maximum atomic E-state index is 6.24. The summed E-state index contributed by atoms with van der Waals surface area (Å²) in [4.78, 5) is 0. The van der Waals surface area contributed by atoms with E-state index < -0.39 is 8.38 Å². The van der Waals surface area contributed by atoms with Gasteiger partial charge in [-0.1, -0.05) is 12.1 Å². The molecule has 0 aromatic heterocycles. The standard InChI is InChI=1S/C21H29O2P/c1-12-10-14(3)20(18(7)16(12)5)22-24(9)23-21-15(4)11-13(2)17(6)19(21)8/h10-11H,1-9H3. The fourth-order valence-electron chi connectivity index (χ4n) is 3.08. The molecule has 2 nitrogen and oxygen atoms in total. The van der Waals surface area contributed by atoms with E-state index in [9.17, 15) is 0 Å². The van der Waals surface area contributed by atoms with Crippen LogP contribution in [0.2, 0.25) is 0 Å². The minimum atomic E-state index is -1.04. The van der Waals surface area contributed by atoms with Crippen molar-refractivity contribution in [1.82, 2.24) is 0 Å². The number of benzene rings is 2. The first kappa shape index (κ1) is 18.8. The molecule has 2 aromatic rings. The fraction of sp³-hybridized carbons (Fsp3) is 0.429. The van der Waals surface area contributed by atoms with Crippen LogP contribution in [-0.2, 0) is 0 Å². The summed E-state index contributed by atoms with van der Waals surface area (Å²) in [5.74, 6) is 1.93. The molecule has 0 unspecified atom stereocenters. The second-order valence-corrected chi connectivity index (χ2v) is 8.05. The Kier molecular flexibility index (Phi) is 5.60. The predicted octanol–water partition coefficient (Wildman–Crippen LogP) is 6.55. The van der Waals surface area contributed by atoms with Gasteiger partial charge < -0.3 is 9.05 Å². The molecule has 0 bridgehead atoms. The second kappa shape index (κ2) is 7.15. The van der Waals surface area contributed by atoms with Gasteiger partial charge in [0.25, 0.3) is 8.38 Å². The molecule has 0 amide bonds. The van der Waals surface area contributed by atoms with Gasteiger partial charge in [-0.05, 0) is 99.9 Å². The molecule has 130 valence electrons. The van der Waals surface area contributed by atoms with E-state index in [1.807, 2.05) is 6.66 Å². The van der Waals surface area contributed by atoms with Crippen molar-refractivity contribution in [3.8, 4) is 11.5 Å². The van der Waals surface area contributed by atoms with Gasteiger partial charge in [0, 0.05) is 6.66 Å². The highest BCUT2D eigenvalue weighted by molar-refractivity contribution is 7.47. The van der Waals surface area contributed by atoms with Crippen LogP contribution in [0.5, 0.6) is 11.5 Å². The molecule has 0 N–H and O–H groups in total. The highest BCUT2D eigenvalue weighted by Crippen LogP contribution is 2.43. The first-order valence-corrected chi connectivity index (χ1v) is 10.0. The molecule has 0 saturated heterocycles. The first-order valence-electron chi connectivity index (χ1n) is 8.38. The van der Waals surface area contributed by atoms with Crippen LogP contribution in [0.15, 0.2) is 12.1 Å². The maximum Gasteiger partial charge on any atom is 0.287 e. The van der Waals surface area contributed by atoms with Crippen LogP contribution in [0, 0.1) is 55.4 Å². The van der Waals surface area contributed by atoms with E-state index in [4.69, 9.17) is 9.05 Å². The molecule has 0 radical (unpaired) electrons. The van der Waals surface area contributed by atoms with Crippen LogP contribution >= 0.6 is 8.38 Å². The zero-order valence-corrected chi connectivity index (χ0v) is 17.3. The molecule has 3 heteroatoms. The Morgan fingerprint density at radius 2 is 0.875 bits per heavy atom. The van der Waals surface area contributed by atoms with Crippen molar-refractivity contribution in [2.75, 3.05) is 6.66 Å². The Hall–Kier alpha value is -1.53. The lowest BCUT2D eigenvalue weighted by Crippen LogP contribution is -2.02. The maximum absolute atomic E-state index is 6.24. The molecule has 24 heavy (non-hydrogen) atoms. The van der Waals surface area contributed by atoms with E-state index in [1.165, 1.54) is 44.5 Å². The normalized spacial score (nSPS) is 11.1. The molecule has 0 aliphatic rings. The quantitative estimate of drug-likeness (QED) is 0.585. The molecule has 0 aliphatic heterocycles. The van der Waals surface area contributed by atoms with Crippen LogP contribution in [0.3, 0.4) is 0 Å². The van der Waals surface area contributed by atoms with Gasteiger partial charge in [0.1, 0.15) is 11.5 Å². The monoisotopic (exact) mass is 344 g/mol. The van der Waals surface area contributed by atoms with Crippen molar-refractivity contribution in [3.05, 3.63) is 56.6 Å². The molecule has 0 heterocycles. The summed E-state index contributed by atoms with van der Waals surface area (Å²) in [6.45, 7) is 19.1. The molecule has 2 rings (SSSR count). The van der Waals surface area contributed by atoms with E-state index in [-0.39, 0.29) is 0 Å². The first-order chi connectivity index (χ1) is 11.1. The third-order valence-corrected chi connectivity index (χ3v) is 5.89. The van der Waals surface area contributed by atoms with Gasteiger partial charge >= 0.3 is 0 Å². The van der Waals surface area contributed by atoms with Gasteiger partial charge in [-0.3, -0.25) is 0 Å². The van der Waals surface area contributed by atoms with Crippen molar-refractivity contribution < 1.29 is 9.05 Å². The summed E-state index contributed by atoms with van der Waals surface area (Å²) in [5, 5.41) is 0. The van der Waals surface area contributed by atoms with Gasteiger partial charge in [0.05, 0.1) is 0 Å². The lowest BCUT2D eigenvalue weighted by molar-refractivity contribution is 0.487. The van der Waals surface area contributed by atoms with Crippen LogP contribution < -0.4 is 9.05 Å². The summed E-state index contributed by atoms with van der Waals surface area (Å²) in [6, 6.07) is 4.38. The Morgan fingerprint density at radius 3 is 1.21 bits per heavy atom. The van der Waals surface area contributed by atoms with Gasteiger partial charge in [-0.2, -0.15) is 0 Å². The van der Waals surface area contributed by atoms with E-state index in [1.54, 1.807) is 0 Å². The highest BCUT2D eigenvalue weighted by Gasteiger charge is 2.17. The number of hydrogen-bond donors (Lipinski definition) is 0. The number of aryl methyl sites for hydroxylation is 4. The summed E-state index contributed by atoms with van der Waals surface area (Å²) in [7, 11) is -1.04.